The number of ether oxygens (including phenoxy) is 1. The van der Waals surface area contributed by atoms with Gasteiger partial charge in [0.05, 0.1) is 12.6 Å². The smallest absolute Gasteiger partial charge is 0.193 e. The number of hydrogen-bond donors (Lipinski definition) is 1. The Balaban J connectivity index is 1.64. The molecule has 0 amide bonds. The molecule has 0 radical (unpaired) electrons. The van der Waals surface area contributed by atoms with Crippen LogP contribution in [0.25, 0.3) is 0 Å². The summed E-state index contributed by atoms with van der Waals surface area (Å²) >= 11 is 6.41. The Morgan fingerprint density at radius 2 is 2.20 bits per heavy atom. The van der Waals surface area contributed by atoms with Crippen molar-refractivity contribution in [2.75, 3.05) is 54.0 Å². The van der Waals surface area contributed by atoms with Crippen LogP contribution < -0.4 is 5.32 Å². The van der Waals surface area contributed by atoms with Gasteiger partial charge >= 0.3 is 0 Å². The summed E-state index contributed by atoms with van der Waals surface area (Å²) in [6.07, 6.45) is 2.36. The standard InChI is InChI=1S/C19H29ClN4O/c1-21-18(24-10-8-19(13-24)9-11-25-14-19)22-12-17(23(2)3)15-6-4-5-7-16(15)20/h4-7,17H,8-14H2,1-3H3,(H,21,22). The minimum absolute atomic E-state index is 0.192. The van der Waals surface area contributed by atoms with Crippen molar-refractivity contribution in [2.24, 2.45) is 10.4 Å². The van der Waals surface area contributed by atoms with E-state index in [9.17, 15) is 0 Å². The number of nitrogens with zero attached hydrogens (tertiary/aromatic N) is 3. The number of aliphatic imine (C=N–C) groups is 1. The number of guanidine groups is 1. The van der Waals surface area contributed by atoms with E-state index < -0.39 is 0 Å². The molecule has 0 aromatic heterocycles. The van der Waals surface area contributed by atoms with Crippen molar-refractivity contribution < 1.29 is 4.74 Å². The molecular formula is C19H29ClN4O. The van der Waals surface area contributed by atoms with Crippen LogP contribution >= 0.6 is 11.6 Å². The van der Waals surface area contributed by atoms with E-state index in [1.54, 1.807) is 0 Å². The molecule has 2 saturated heterocycles. The SMILES string of the molecule is CN=C(NCC(c1ccccc1Cl)N(C)C)N1CCC2(CCOC2)C1. The molecule has 2 heterocycles. The minimum Gasteiger partial charge on any atom is -0.381 e. The topological polar surface area (TPSA) is 40.1 Å². The van der Waals surface area contributed by atoms with Gasteiger partial charge in [0.1, 0.15) is 0 Å². The van der Waals surface area contributed by atoms with Gasteiger partial charge in [-0.05, 0) is 38.6 Å². The number of nitrogens with one attached hydrogen (secondary N) is 1. The van der Waals surface area contributed by atoms with Crippen molar-refractivity contribution in [3.63, 3.8) is 0 Å². The van der Waals surface area contributed by atoms with Gasteiger partial charge in [-0.25, -0.2) is 0 Å². The van der Waals surface area contributed by atoms with Gasteiger partial charge in [-0.15, -0.1) is 0 Å². The van der Waals surface area contributed by atoms with Gasteiger partial charge in [0.15, 0.2) is 5.96 Å². The number of likely N-dealkylation sites (N-methyl/N-ethyl adjacent to an activating group) is 1. The minimum atomic E-state index is 0.192. The average Bonchev–Trinajstić information content (AvgIpc) is 3.23. The lowest BCUT2D eigenvalue weighted by Gasteiger charge is -2.29. The Morgan fingerprint density at radius 1 is 1.40 bits per heavy atom. The highest BCUT2D eigenvalue weighted by molar-refractivity contribution is 6.31. The highest BCUT2D eigenvalue weighted by Gasteiger charge is 2.42. The van der Waals surface area contributed by atoms with Gasteiger partial charge < -0.3 is 19.9 Å². The molecule has 1 aromatic rings. The van der Waals surface area contributed by atoms with Crippen LogP contribution in [-0.2, 0) is 4.74 Å². The normalized spacial score (nSPS) is 25.2. The van der Waals surface area contributed by atoms with Gasteiger partial charge in [0.25, 0.3) is 0 Å². The summed E-state index contributed by atoms with van der Waals surface area (Å²) in [6.45, 7) is 4.63. The zero-order chi connectivity index (χ0) is 17.9. The van der Waals surface area contributed by atoms with Crippen molar-refractivity contribution in [3.8, 4) is 0 Å². The maximum atomic E-state index is 6.41. The third kappa shape index (κ3) is 4.10. The third-order valence-electron chi connectivity index (χ3n) is 5.48. The summed E-state index contributed by atoms with van der Waals surface area (Å²) in [4.78, 5) is 9.07. The quantitative estimate of drug-likeness (QED) is 0.658. The van der Waals surface area contributed by atoms with E-state index in [0.717, 1.165) is 49.4 Å². The number of benzene rings is 1. The lowest BCUT2D eigenvalue weighted by atomic mass is 9.87. The molecular weight excluding hydrogens is 336 g/mol. The maximum Gasteiger partial charge on any atom is 0.193 e. The Bertz CT molecular complexity index is 613. The molecule has 2 aliphatic heterocycles. The number of hydrogen-bond acceptors (Lipinski definition) is 3. The molecule has 0 bridgehead atoms. The fourth-order valence-corrected chi connectivity index (χ4v) is 4.19. The first-order chi connectivity index (χ1) is 12.0. The van der Waals surface area contributed by atoms with E-state index in [4.69, 9.17) is 16.3 Å². The van der Waals surface area contributed by atoms with Gasteiger partial charge in [-0.3, -0.25) is 4.99 Å². The molecule has 2 unspecified atom stereocenters. The molecule has 1 aromatic carbocycles. The molecule has 0 saturated carbocycles. The van der Waals surface area contributed by atoms with Crippen LogP contribution in [0.4, 0.5) is 0 Å². The van der Waals surface area contributed by atoms with Crippen LogP contribution in [0.3, 0.4) is 0 Å². The Kier molecular flexibility index (Phi) is 5.87. The fourth-order valence-electron chi connectivity index (χ4n) is 3.92. The van der Waals surface area contributed by atoms with Crippen molar-refractivity contribution in [2.45, 2.75) is 18.9 Å². The first kappa shape index (κ1) is 18.5. The molecule has 2 aliphatic rings. The zero-order valence-electron chi connectivity index (χ0n) is 15.5. The average molecular weight is 365 g/mol. The molecule has 6 heteroatoms. The molecule has 2 fully saturated rings. The molecule has 0 aliphatic carbocycles. The second-order valence-electron chi connectivity index (χ2n) is 7.40. The molecule has 1 N–H and O–H groups in total. The first-order valence-electron chi connectivity index (χ1n) is 8.99. The largest absolute Gasteiger partial charge is 0.381 e. The molecule has 5 nitrogen and oxygen atoms in total. The number of halogens is 1. The second-order valence-corrected chi connectivity index (χ2v) is 7.81. The van der Waals surface area contributed by atoms with Gasteiger partial charge in [0, 0.05) is 43.7 Å². The summed E-state index contributed by atoms with van der Waals surface area (Å²) < 4.78 is 5.64. The van der Waals surface area contributed by atoms with E-state index in [-0.39, 0.29) is 6.04 Å². The van der Waals surface area contributed by atoms with Crippen LogP contribution in [0, 0.1) is 5.41 Å². The predicted octanol–water partition coefficient (Wildman–Crippen LogP) is 2.63. The Labute approximate surface area is 156 Å². The van der Waals surface area contributed by atoms with Gasteiger partial charge in [-0.1, -0.05) is 29.8 Å². The Hall–Kier alpha value is -1.30. The lowest BCUT2D eigenvalue weighted by molar-refractivity contribution is 0.156. The van der Waals surface area contributed by atoms with Crippen LogP contribution in [0.5, 0.6) is 0 Å². The molecule has 1 spiro atoms. The Morgan fingerprint density at radius 3 is 2.84 bits per heavy atom. The zero-order valence-corrected chi connectivity index (χ0v) is 16.2. The maximum absolute atomic E-state index is 6.41. The monoisotopic (exact) mass is 364 g/mol. The van der Waals surface area contributed by atoms with E-state index in [1.165, 1.54) is 12.8 Å². The van der Waals surface area contributed by atoms with E-state index >= 15 is 0 Å². The summed E-state index contributed by atoms with van der Waals surface area (Å²) in [5.74, 6) is 0.975. The van der Waals surface area contributed by atoms with Crippen molar-refractivity contribution in [3.05, 3.63) is 34.9 Å². The van der Waals surface area contributed by atoms with Crippen molar-refractivity contribution in [1.82, 2.24) is 15.1 Å². The molecule has 138 valence electrons. The predicted molar refractivity (Wildman–Crippen MR) is 103 cm³/mol. The molecule has 25 heavy (non-hydrogen) atoms. The molecule has 2 atom stereocenters. The summed E-state index contributed by atoms with van der Waals surface area (Å²) in [7, 11) is 6.02. The lowest BCUT2D eigenvalue weighted by Crippen LogP contribution is -2.44. The highest BCUT2D eigenvalue weighted by atomic mass is 35.5. The van der Waals surface area contributed by atoms with E-state index in [2.05, 4.69) is 40.3 Å². The van der Waals surface area contributed by atoms with Crippen LogP contribution in [0.1, 0.15) is 24.4 Å². The number of rotatable bonds is 4. The van der Waals surface area contributed by atoms with Gasteiger partial charge in [-0.2, -0.15) is 0 Å². The van der Waals surface area contributed by atoms with Crippen LogP contribution in [0.15, 0.2) is 29.3 Å². The third-order valence-corrected chi connectivity index (χ3v) is 5.82. The van der Waals surface area contributed by atoms with E-state index in [0.29, 0.717) is 5.41 Å². The van der Waals surface area contributed by atoms with Crippen molar-refractivity contribution in [1.29, 1.82) is 0 Å². The van der Waals surface area contributed by atoms with Crippen LogP contribution in [-0.4, -0.2) is 69.8 Å². The van der Waals surface area contributed by atoms with Crippen LogP contribution in [0.2, 0.25) is 5.02 Å². The highest BCUT2D eigenvalue weighted by Crippen LogP contribution is 2.38. The number of likely N-dealkylation sites (tertiary alicyclic amines) is 1. The van der Waals surface area contributed by atoms with E-state index in [1.807, 2.05) is 25.2 Å². The summed E-state index contributed by atoms with van der Waals surface area (Å²) in [6, 6.07) is 8.25. The first-order valence-corrected chi connectivity index (χ1v) is 9.37. The summed E-state index contributed by atoms with van der Waals surface area (Å²) in [5.41, 5.74) is 1.47. The van der Waals surface area contributed by atoms with Gasteiger partial charge in [0.2, 0.25) is 0 Å². The second kappa shape index (κ2) is 7.94. The molecule has 3 rings (SSSR count). The summed E-state index contributed by atoms with van der Waals surface area (Å²) in [5, 5.41) is 4.37. The fraction of sp³-hybridized carbons (Fsp3) is 0.632. The van der Waals surface area contributed by atoms with Crippen molar-refractivity contribution >= 4 is 17.6 Å².